The van der Waals surface area contributed by atoms with Gasteiger partial charge in [-0.05, 0) is 36.5 Å². The summed E-state index contributed by atoms with van der Waals surface area (Å²) in [7, 11) is 1.49. The van der Waals surface area contributed by atoms with Crippen molar-refractivity contribution >= 4 is 17.4 Å². The zero-order chi connectivity index (χ0) is 22.3. The Hall–Kier alpha value is -2.67. The van der Waals surface area contributed by atoms with Gasteiger partial charge in [-0.25, -0.2) is 0 Å². The predicted octanol–water partition coefficient (Wildman–Crippen LogP) is 3.08. The Labute approximate surface area is 182 Å². The zero-order valence-electron chi connectivity index (χ0n) is 18.6. The number of rotatable bonds is 3. The molecule has 2 atom stereocenters. The van der Waals surface area contributed by atoms with E-state index < -0.39 is 11.8 Å². The molecule has 3 aliphatic rings. The van der Waals surface area contributed by atoms with Crippen LogP contribution in [-0.4, -0.2) is 60.8 Å². The van der Waals surface area contributed by atoms with Crippen molar-refractivity contribution in [1.29, 1.82) is 0 Å². The molecule has 7 heteroatoms. The van der Waals surface area contributed by atoms with Crippen LogP contribution in [0.2, 0.25) is 0 Å². The number of carbonyl (C=O) groups excluding carboxylic acids is 2. The molecule has 166 valence electrons. The molecule has 7 nitrogen and oxygen atoms in total. The maximum Gasteiger partial charge on any atom is 0.252 e. The molecule has 2 aliphatic heterocycles. The van der Waals surface area contributed by atoms with Crippen molar-refractivity contribution in [3.63, 3.8) is 0 Å². The molecule has 1 aromatic carbocycles. The number of nitrogens with zero attached hydrogens (tertiary/aromatic N) is 2. The van der Waals surface area contributed by atoms with E-state index in [1.54, 1.807) is 17.0 Å². The molecule has 4 rings (SSSR count). The first-order chi connectivity index (χ1) is 14.7. The Morgan fingerprint density at radius 2 is 1.94 bits per heavy atom. The van der Waals surface area contributed by atoms with E-state index in [1.165, 1.54) is 7.11 Å². The van der Waals surface area contributed by atoms with Gasteiger partial charge >= 0.3 is 0 Å². The SMILES string of the molecule is COc1ccc([C@H]2C(C(=O)N3CCOCC3)=C(C)N=C3CC(C)(C)CC(=O)[C@H]32)cc1O. The number of Topliss-reactive ketones (excluding diaryl/α,β-unsaturated/α-hetero) is 1. The number of ether oxygens (including phenoxy) is 2. The lowest BCUT2D eigenvalue weighted by atomic mass is 9.63. The molecule has 0 aromatic heterocycles. The molecular formula is C24H30N2O5. The second-order valence-electron chi connectivity index (χ2n) is 9.38. The molecule has 1 saturated carbocycles. The van der Waals surface area contributed by atoms with Gasteiger partial charge in [-0.2, -0.15) is 0 Å². The molecule has 2 heterocycles. The van der Waals surface area contributed by atoms with Gasteiger partial charge in [0.05, 0.1) is 26.2 Å². The number of phenols is 1. The maximum atomic E-state index is 13.6. The second kappa shape index (κ2) is 8.11. The first-order valence-electron chi connectivity index (χ1n) is 10.8. The number of hydrogen-bond acceptors (Lipinski definition) is 6. The second-order valence-corrected chi connectivity index (χ2v) is 9.38. The van der Waals surface area contributed by atoms with E-state index in [1.807, 2.05) is 13.0 Å². The van der Waals surface area contributed by atoms with Crippen molar-refractivity contribution in [3.8, 4) is 11.5 Å². The summed E-state index contributed by atoms with van der Waals surface area (Å²) in [6.45, 7) is 8.01. The summed E-state index contributed by atoms with van der Waals surface area (Å²) >= 11 is 0. The quantitative estimate of drug-likeness (QED) is 0.803. The largest absolute Gasteiger partial charge is 0.504 e. The highest BCUT2D eigenvalue weighted by Gasteiger charge is 2.48. The number of aromatic hydroxyl groups is 1. The van der Waals surface area contributed by atoms with E-state index >= 15 is 0 Å². The van der Waals surface area contributed by atoms with Crippen molar-refractivity contribution < 1.29 is 24.2 Å². The van der Waals surface area contributed by atoms with Crippen LogP contribution in [0.1, 0.15) is 45.1 Å². The minimum atomic E-state index is -0.496. The molecule has 1 N–H and O–H groups in total. The molecule has 2 fully saturated rings. The van der Waals surface area contributed by atoms with Crippen molar-refractivity contribution in [1.82, 2.24) is 4.90 Å². The van der Waals surface area contributed by atoms with Gasteiger partial charge in [0, 0.05) is 42.4 Å². The van der Waals surface area contributed by atoms with Gasteiger partial charge in [-0.1, -0.05) is 19.9 Å². The molecule has 1 aliphatic carbocycles. The van der Waals surface area contributed by atoms with Gasteiger partial charge in [0.2, 0.25) is 0 Å². The monoisotopic (exact) mass is 426 g/mol. The lowest BCUT2D eigenvalue weighted by molar-refractivity contribution is -0.131. The van der Waals surface area contributed by atoms with Crippen LogP contribution in [0.3, 0.4) is 0 Å². The summed E-state index contributed by atoms with van der Waals surface area (Å²) in [5.74, 6) is -0.654. The van der Waals surface area contributed by atoms with Crippen LogP contribution >= 0.6 is 0 Å². The Morgan fingerprint density at radius 1 is 1.23 bits per heavy atom. The third-order valence-corrected chi connectivity index (χ3v) is 6.45. The standard InChI is InChI=1S/C24H30N2O5/c1-14-20(23(29)26-7-9-31-10-8-26)21(15-5-6-19(30-4)17(27)11-15)22-16(25-14)12-24(2,3)13-18(22)28/h5-6,11,21-22,27H,7-10,12-13H2,1-4H3/t21-,22-/m0/s1. The Kier molecular flexibility index (Phi) is 5.64. The number of phenolic OH excluding ortho intramolecular Hbond substituents is 1. The summed E-state index contributed by atoms with van der Waals surface area (Å²) in [6, 6.07) is 5.12. The summed E-state index contributed by atoms with van der Waals surface area (Å²) in [5.41, 5.74) is 2.57. The molecule has 1 saturated heterocycles. The van der Waals surface area contributed by atoms with Gasteiger partial charge in [0.15, 0.2) is 11.5 Å². The maximum absolute atomic E-state index is 13.6. The first-order valence-corrected chi connectivity index (χ1v) is 10.8. The van der Waals surface area contributed by atoms with Gasteiger partial charge in [-0.3, -0.25) is 14.6 Å². The number of benzene rings is 1. The van der Waals surface area contributed by atoms with Gasteiger partial charge < -0.3 is 19.5 Å². The minimum absolute atomic E-state index is 0.0107. The normalized spacial score (nSPS) is 25.7. The lowest BCUT2D eigenvalue weighted by Gasteiger charge is -2.42. The van der Waals surface area contributed by atoms with Crippen molar-refractivity contribution in [2.75, 3.05) is 33.4 Å². The van der Waals surface area contributed by atoms with Crippen LogP contribution in [0.25, 0.3) is 0 Å². The van der Waals surface area contributed by atoms with E-state index in [0.29, 0.717) is 56.2 Å². The fraction of sp³-hybridized carbons (Fsp3) is 0.542. The van der Waals surface area contributed by atoms with E-state index in [2.05, 4.69) is 13.8 Å². The number of fused-ring (bicyclic) bond motifs is 1. The summed E-state index contributed by atoms with van der Waals surface area (Å²) < 4.78 is 10.6. The molecule has 0 spiro atoms. The van der Waals surface area contributed by atoms with Crippen LogP contribution in [0.15, 0.2) is 34.5 Å². The van der Waals surface area contributed by atoms with E-state index in [4.69, 9.17) is 14.5 Å². The number of carbonyl (C=O) groups is 2. The minimum Gasteiger partial charge on any atom is -0.504 e. The fourth-order valence-corrected chi connectivity index (χ4v) is 5.07. The summed E-state index contributed by atoms with van der Waals surface area (Å²) in [4.78, 5) is 33.5. The summed E-state index contributed by atoms with van der Waals surface area (Å²) in [5, 5.41) is 10.4. The number of hydrogen-bond donors (Lipinski definition) is 1. The third-order valence-electron chi connectivity index (χ3n) is 6.45. The third kappa shape index (κ3) is 3.99. The highest BCUT2D eigenvalue weighted by Crippen LogP contribution is 2.48. The van der Waals surface area contributed by atoms with Crippen molar-refractivity contribution in [2.45, 2.75) is 39.5 Å². The highest BCUT2D eigenvalue weighted by atomic mass is 16.5. The van der Waals surface area contributed by atoms with Gasteiger partial charge in [0.25, 0.3) is 5.91 Å². The van der Waals surface area contributed by atoms with E-state index in [-0.39, 0.29) is 22.9 Å². The van der Waals surface area contributed by atoms with Crippen LogP contribution in [0, 0.1) is 11.3 Å². The van der Waals surface area contributed by atoms with Crippen molar-refractivity contribution in [3.05, 3.63) is 35.0 Å². The number of methoxy groups -OCH3 is 1. The number of allylic oxidation sites excluding steroid dienone is 1. The van der Waals surface area contributed by atoms with E-state index in [9.17, 15) is 14.7 Å². The first kappa shape index (κ1) is 21.6. The number of ketones is 1. The predicted molar refractivity (Wildman–Crippen MR) is 116 cm³/mol. The Bertz CT molecular complexity index is 972. The molecule has 1 aromatic rings. The number of morpholine rings is 1. The topological polar surface area (TPSA) is 88.4 Å². The highest BCUT2D eigenvalue weighted by molar-refractivity contribution is 6.12. The number of aliphatic imine (C=N–C) groups is 1. The molecule has 1 amide bonds. The Balaban J connectivity index is 1.84. The average Bonchev–Trinajstić information content (AvgIpc) is 2.72. The van der Waals surface area contributed by atoms with E-state index in [0.717, 1.165) is 11.3 Å². The summed E-state index contributed by atoms with van der Waals surface area (Å²) in [6.07, 6.45) is 1.14. The van der Waals surface area contributed by atoms with Gasteiger partial charge in [-0.15, -0.1) is 0 Å². The van der Waals surface area contributed by atoms with Gasteiger partial charge in [0.1, 0.15) is 5.78 Å². The van der Waals surface area contributed by atoms with Crippen LogP contribution < -0.4 is 4.74 Å². The molecule has 0 radical (unpaired) electrons. The van der Waals surface area contributed by atoms with Crippen LogP contribution in [0.5, 0.6) is 11.5 Å². The molecular weight excluding hydrogens is 396 g/mol. The number of amides is 1. The Morgan fingerprint density at radius 3 is 2.58 bits per heavy atom. The zero-order valence-corrected chi connectivity index (χ0v) is 18.6. The average molecular weight is 427 g/mol. The molecule has 0 bridgehead atoms. The lowest BCUT2D eigenvalue weighted by Crippen LogP contribution is -2.47. The van der Waals surface area contributed by atoms with Crippen LogP contribution in [-0.2, 0) is 14.3 Å². The van der Waals surface area contributed by atoms with Crippen molar-refractivity contribution in [2.24, 2.45) is 16.3 Å². The molecule has 31 heavy (non-hydrogen) atoms. The van der Waals surface area contributed by atoms with Crippen LogP contribution in [0.4, 0.5) is 0 Å². The fourth-order valence-electron chi connectivity index (χ4n) is 5.07. The smallest absolute Gasteiger partial charge is 0.252 e. The molecule has 0 unspecified atom stereocenters.